The molecule has 0 spiro atoms. The first-order valence-electron chi connectivity index (χ1n) is 10.7. The molecule has 5 rings (SSSR count). The van der Waals surface area contributed by atoms with Gasteiger partial charge in [-0.15, -0.1) is 0 Å². The predicted octanol–water partition coefficient (Wildman–Crippen LogP) is 6.43. The van der Waals surface area contributed by atoms with Crippen molar-refractivity contribution in [3.8, 4) is 11.6 Å². The number of alkyl halides is 3. The Hall–Kier alpha value is -3.68. The number of aromatic amines is 1. The van der Waals surface area contributed by atoms with Crippen LogP contribution in [0.5, 0.6) is 11.6 Å². The summed E-state index contributed by atoms with van der Waals surface area (Å²) >= 11 is 0. The molecule has 0 radical (unpaired) electrons. The van der Waals surface area contributed by atoms with Crippen LogP contribution in [0.1, 0.15) is 46.9 Å². The maximum Gasteiger partial charge on any atom is 0.391 e. The number of fused-ring (bicyclic) bond motifs is 1. The lowest BCUT2D eigenvalue weighted by Gasteiger charge is -2.17. The number of aromatic nitrogens is 3. The van der Waals surface area contributed by atoms with Crippen LogP contribution < -0.4 is 4.74 Å². The van der Waals surface area contributed by atoms with E-state index in [1.54, 1.807) is 42.6 Å². The molecular formula is C25H20F3N3O2. The molecule has 0 aliphatic heterocycles. The minimum Gasteiger partial charge on any atom is -0.439 e. The molecule has 1 aliphatic rings. The number of benzene rings is 2. The van der Waals surface area contributed by atoms with E-state index in [1.807, 2.05) is 24.3 Å². The van der Waals surface area contributed by atoms with Gasteiger partial charge in [-0.25, -0.2) is 9.97 Å². The van der Waals surface area contributed by atoms with Crippen molar-refractivity contribution < 1.29 is 22.7 Å². The zero-order valence-electron chi connectivity index (χ0n) is 17.5. The smallest absolute Gasteiger partial charge is 0.391 e. The van der Waals surface area contributed by atoms with E-state index in [0.717, 1.165) is 5.52 Å². The molecule has 2 aromatic heterocycles. The largest absolute Gasteiger partial charge is 0.439 e. The summed E-state index contributed by atoms with van der Waals surface area (Å²) in [6.45, 7) is 0. The average molecular weight is 451 g/mol. The van der Waals surface area contributed by atoms with E-state index in [-0.39, 0.29) is 30.4 Å². The fourth-order valence-electron chi connectivity index (χ4n) is 4.34. The van der Waals surface area contributed by atoms with Crippen molar-refractivity contribution in [3.05, 3.63) is 83.8 Å². The molecule has 1 aliphatic carbocycles. The number of imidazole rings is 1. The van der Waals surface area contributed by atoms with Gasteiger partial charge in [0.1, 0.15) is 5.75 Å². The Morgan fingerprint density at radius 2 is 1.79 bits per heavy atom. The number of ether oxygens (including phenoxy) is 1. The van der Waals surface area contributed by atoms with Gasteiger partial charge in [-0.2, -0.15) is 13.2 Å². The molecule has 1 saturated carbocycles. The molecule has 168 valence electrons. The summed E-state index contributed by atoms with van der Waals surface area (Å²) in [7, 11) is 0. The highest BCUT2D eigenvalue weighted by molar-refractivity contribution is 6.08. The van der Waals surface area contributed by atoms with Crippen molar-refractivity contribution in [2.45, 2.75) is 31.4 Å². The Morgan fingerprint density at radius 1 is 1.00 bits per heavy atom. The number of pyridine rings is 1. The van der Waals surface area contributed by atoms with E-state index in [2.05, 4.69) is 15.0 Å². The van der Waals surface area contributed by atoms with Crippen molar-refractivity contribution in [2.24, 2.45) is 5.92 Å². The fourth-order valence-corrected chi connectivity index (χ4v) is 4.34. The molecule has 0 unspecified atom stereocenters. The van der Waals surface area contributed by atoms with Gasteiger partial charge in [0, 0.05) is 17.3 Å². The molecule has 8 heteroatoms. The summed E-state index contributed by atoms with van der Waals surface area (Å²) in [6, 6.07) is 17.4. The third kappa shape index (κ3) is 4.33. The predicted molar refractivity (Wildman–Crippen MR) is 116 cm³/mol. The van der Waals surface area contributed by atoms with Crippen molar-refractivity contribution in [2.75, 3.05) is 0 Å². The molecule has 5 nitrogen and oxygen atoms in total. The van der Waals surface area contributed by atoms with E-state index < -0.39 is 12.1 Å². The summed E-state index contributed by atoms with van der Waals surface area (Å²) in [4.78, 5) is 24.4. The SMILES string of the molecule is O=C(c1ccc(Oc2ncccc2[C@@H]2CC[C@H](C(F)(F)F)C2)cc1)c1nc2ccccc2[nH]1. The Labute approximate surface area is 187 Å². The number of ketones is 1. The lowest BCUT2D eigenvalue weighted by atomic mass is 9.97. The second kappa shape index (κ2) is 8.35. The standard InChI is InChI=1S/C25H20F3N3O2/c26-25(27,28)17-10-7-16(14-17)19-4-3-13-29-24(19)33-18-11-8-15(9-12-18)22(32)23-30-20-5-1-2-6-21(20)31-23/h1-6,8-9,11-13,16-17H,7,10,14H2,(H,30,31)/t16-,17+/m1/s1. The van der Waals surface area contributed by atoms with Crippen LogP contribution in [-0.4, -0.2) is 26.9 Å². The Morgan fingerprint density at radius 3 is 2.52 bits per heavy atom. The van der Waals surface area contributed by atoms with Crippen molar-refractivity contribution in [1.29, 1.82) is 0 Å². The van der Waals surface area contributed by atoms with Gasteiger partial charge in [0.15, 0.2) is 5.82 Å². The maximum absolute atomic E-state index is 13.1. The van der Waals surface area contributed by atoms with E-state index in [0.29, 0.717) is 34.7 Å². The number of nitrogens with zero attached hydrogens (tertiary/aromatic N) is 2. The first-order chi connectivity index (χ1) is 15.9. The lowest BCUT2D eigenvalue weighted by Crippen LogP contribution is -2.19. The highest BCUT2D eigenvalue weighted by atomic mass is 19.4. The van der Waals surface area contributed by atoms with Gasteiger partial charge in [-0.1, -0.05) is 18.2 Å². The van der Waals surface area contributed by atoms with Crippen LogP contribution >= 0.6 is 0 Å². The maximum atomic E-state index is 13.1. The first-order valence-corrected chi connectivity index (χ1v) is 10.7. The topological polar surface area (TPSA) is 67.9 Å². The van der Waals surface area contributed by atoms with Gasteiger partial charge < -0.3 is 9.72 Å². The second-order valence-electron chi connectivity index (χ2n) is 8.20. The quantitative estimate of drug-likeness (QED) is 0.355. The van der Waals surface area contributed by atoms with Gasteiger partial charge >= 0.3 is 6.18 Å². The number of halogens is 3. The number of carbonyl (C=O) groups excluding carboxylic acids is 1. The van der Waals surface area contributed by atoms with E-state index >= 15 is 0 Å². The molecule has 1 N–H and O–H groups in total. The molecule has 1 fully saturated rings. The van der Waals surface area contributed by atoms with Crippen LogP contribution in [0, 0.1) is 5.92 Å². The molecule has 2 heterocycles. The monoisotopic (exact) mass is 451 g/mol. The average Bonchev–Trinajstić information content (AvgIpc) is 3.47. The van der Waals surface area contributed by atoms with Gasteiger partial charge in [0.25, 0.3) is 0 Å². The number of hydrogen-bond donors (Lipinski definition) is 1. The molecular weight excluding hydrogens is 431 g/mol. The second-order valence-corrected chi connectivity index (χ2v) is 8.20. The van der Waals surface area contributed by atoms with Crippen molar-refractivity contribution in [1.82, 2.24) is 15.0 Å². The molecule has 2 aromatic carbocycles. The van der Waals surface area contributed by atoms with Gasteiger partial charge in [0.05, 0.1) is 17.0 Å². The molecule has 33 heavy (non-hydrogen) atoms. The van der Waals surface area contributed by atoms with Gasteiger partial charge in [0.2, 0.25) is 11.7 Å². The minimum absolute atomic E-state index is 0.0382. The summed E-state index contributed by atoms with van der Waals surface area (Å²) in [5, 5.41) is 0. The number of carbonyl (C=O) groups is 1. The minimum atomic E-state index is -4.18. The summed E-state index contributed by atoms with van der Waals surface area (Å²) in [5.41, 5.74) is 2.60. The third-order valence-corrected chi connectivity index (χ3v) is 6.07. The Kier molecular flexibility index (Phi) is 5.36. The zero-order valence-corrected chi connectivity index (χ0v) is 17.5. The van der Waals surface area contributed by atoms with Gasteiger partial charge in [-0.3, -0.25) is 4.79 Å². The highest BCUT2D eigenvalue weighted by Gasteiger charge is 2.44. The Balaban J connectivity index is 1.32. The molecule has 4 aromatic rings. The number of para-hydroxylation sites is 2. The molecule has 2 atom stereocenters. The Bertz CT molecular complexity index is 1270. The number of nitrogens with one attached hydrogen (secondary N) is 1. The van der Waals surface area contributed by atoms with Gasteiger partial charge in [-0.05, 0) is 67.6 Å². The van der Waals surface area contributed by atoms with Crippen LogP contribution in [-0.2, 0) is 0 Å². The third-order valence-electron chi connectivity index (χ3n) is 6.07. The molecule has 0 bridgehead atoms. The van der Waals surface area contributed by atoms with Crippen molar-refractivity contribution >= 4 is 16.8 Å². The highest BCUT2D eigenvalue weighted by Crippen LogP contribution is 2.47. The van der Waals surface area contributed by atoms with Crippen LogP contribution in [0.15, 0.2) is 66.9 Å². The number of rotatable bonds is 5. The summed E-state index contributed by atoms with van der Waals surface area (Å²) < 4.78 is 45.2. The molecule has 0 saturated heterocycles. The molecule has 0 amide bonds. The normalized spacial score (nSPS) is 18.5. The lowest BCUT2D eigenvalue weighted by molar-refractivity contribution is -0.172. The van der Waals surface area contributed by atoms with E-state index in [1.165, 1.54) is 0 Å². The fraction of sp³-hybridized carbons (Fsp3) is 0.240. The summed E-state index contributed by atoms with van der Waals surface area (Å²) in [6.07, 6.45) is -2.04. The van der Waals surface area contributed by atoms with E-state index in [4.69, 9.17) is 4.74 Å². The number of H-pyrrole nitrogens is 1. The van der Waals surface area contributed by atoms with Crippen LogP contribution in [0.25, 0.3) is 11.0 Å². The number of hydrogen-bond acceptors (Lipinski definition) is 4. The zero-order chi connectivity index (χ0) is 23.0. The first kappa shape index (κ1) is 21.2. The van der Waals surface area contributed by atoms with Crippen molar-refractivity contribution in [3.63, 3.8) is 0 Å². The summed E-state index contributed by atoms with van der Waals surface area (Å²) in [5.74, 6) is -0.811. The van der Waals surface area contributed by atoms with Crippen LogP contribution in [0.2, 0.25) is 0 Å². The van der Waals surface area contributed by atoms with E-state index in [9.17, 15) is 18.0 Å². The van der Waals surface area contributed by atoms with Crippen LogP contribution in [0.4, 0.5) is 13.2 Å². The van der Waals surface area contributed by atoms with Crippen LogP contribution in [0.3, 0.4) is 0 Å².